The van der Waals surface area contributed by atoms with E-state index >= 15 is 0 Å². The molecule has 1 aliphatic carbocycles. The lowest BCUT2D eigenvalue weighted by Crippen LogP contribution is -2.39. The van der Waals surface area contributed by atoms with Crippen molar-refractivity contribution >= 4 is 29.9 Å². The van der Waals surface area contributed by atoms with Gasteiger partial charge in [-0.05, 0) is 45.4 Å². The lowest BCUT2D eigenvalue weighted by molar-refractivity contribution is 0.0169. The van der Waals surface area contributed by atoms with Crippen LogP contribution in [0.25, 0.3) is 0 Å². The Morgan fingerprint density at radius 3 is 2.48 bits per heavy atom. The van der Waals surface area contributed by atoms with Crippen LogP contribution in [-0.4, -0.2) is 38.3 Å². The first-order valence-corrected chi connectivity index (χ1v) is 8.45. The second kappa shape index (κ2) is 13.6. The molecule has 0 saturated heterocycles. The van der Waals surface area contributed by atoms with Gasteiger partial charge in [0.15, 0.2) is 5.96 Å². The summed E-state index contributed by atoms with van der Waals surface area (Å²) < 4.78 is 5.95. The molecular weight excluding hydrogens is 377 g/mol. The van der Waals surface area contributed by atoms with Gasteiger partial charge in [0, 0.05) is 26.2 Å². The third-order valence-electron chi connectivity index (χ3n) is 3.87. The van der Waals surface area contributed by atoms with Crippen molar-refractivity contribution in [1.29, 1.82) is 0 Å². The highest BCUT2D eigenvalue weighted by atomic mass is 127. The highest BCUT2D eigenvalue weighted by Gasteiger charge is 2.24. The quantitative estimate of drug-likeness (QED) is 0.347. The third-order valence-corrected chi connectivity index (χ3v) is 3.87. The molecule has 0 heterocycles. The number of aliphatic imine (C=N–C) groups is 1. The minimum Gasteiger partial charge on any atom is -0.378 e. The van der Waals surface area contributed by atoms with Crippen LogP contribution >= 0.6 is 24.0 Å². The molecule has 0 radical (unpaired) electrons. The molecular formula is C16H34IN3O. The summed E-state index contributed by atoms with van der Waals surface area (Å²) in [5.74, 6) is 1.71. The van der Waals surface area contributed by atoms with Gasteiger partial charge in [0.05, 0.1) is 6.10 Å². The molecule has 21 heavy (non-hydrogen) atoms. The van der Waals surface area contributed by atoms with Gasteiger partial charge < -0.3 is 15.4 Å². The van der Waals surface area contributed by atoms with E-state index in [4.69, 9.17) is 4.74 Å². The van der Waals surface area contributed by atoms with Crippen molar-refractivity contribution < 1.29 is 4.74 Å². The van der Waals surface area contributed by atoms with E-state index < -0.39 is 0 Å². The Bertz CT molecular complexity index is 268. The van der Waals surface area contributed by atoms with Crippen LogP contribution in [0.3, 0.4) is 0 Å². The van der Waals surface area contributed by atoms with Gasteiger partial charge >= 0.3 is 0 Å². The van der Waals surface area contributed by atoms with Crippen LogP contribution in [0, 0.1) is 5.92 Å². The molecule has 0 aromatic carbocycles. The van der Waals surface area contributed by atoms with E-state index in [0.29, 0.717) is 6.10 Å². The molecule has 0 aromatic rings. The van der Waals surface area contributed by atoms with Crippen LogP contribution in [0.2, 0.25) is 0 Å². The SMILES string of the molecule is CCCN=C(NCC)NCCC(OCC)C1CCCC1.I. The van der Waals surface area contributed by atoms with Crippen molar-refractivity contribution in [2.75, 3.05) is 26.2 Å². The van der Waals surface area contributed by atoms with Gasteiger partial charge in [-0.1, -0.05) is 19.8 Å². The van der Waals surface area contributed by atoms with Gasteiger partial charge in [0.1, 0.15) is 0 Å². The molecule has 0 aliphatic heterocycles. The van der Waals surface area contributed by atoms with Crippen molar-refractivity contribution in [3.05, 3.63) is 0 Å². The number of nitrogens with zero attached hydrogens (tertiary/aromatic N) is 1. The van der Waals surface area contributed by atoms with E-state index in [2.05, 4.69) is 36.4 Å². The van der Waals surface area contributed by atoms with Gasteiger partial charge in [0.25, 0.3) is 0 Å². The van der Waals surface area contributed by atoms with Crippen molar-refractivity contribution in [2.24, 2.45) is 10.9 Å². The summed E-state index contributed by atoms with van der Waals surface area (Å²) in [5.41, 5.74) is 0. The zero-order valence-corrected chi connectivity index (χ0v) is 16.3. The highest BCUT2D eigenvalue weighted by Crippen LogP contribution is 2.30. The molecule has 1 saturated carbocycles. The maximum atomic E-state index is 5.95. The molecule has 1 rings (SSSR count). The molecule has 1 fully saturated rings. The van der Waals surface area contributed by atoms with Crippen LogP contribution in [0.4, 0.5) is 0 Å². The molecule has 1 unspecified atom stereocenters. The first kappa shape index (κ1) is 21.0. The zero-order valence-electron chi connectivity index (χ0n) is 14.0. The number of hydrogen-bond acceptors (Lipinski definition) is 2. The largest absolute Gasteiger partial charge is 0.378 e. The van der Waals surface area contributed by atoms with Gasteiger partial charge in [-0.2, -0.15) is 0 Å². The normalized spacial score (nSPS) is 17.4. The van der Waals surface area contributed by atoms with E-state index in [9.17, 15) is 0 Å². The van der Waals surface area contributed by atoms with E-state index in [1.807, 2.05) is 0 Å². The van der Waals surface area contributed by atoms with E-state index in [0.717, 1.165) is 51.0 Å². The molecule has 4 nitrogen and oxygen atoms in total. The average molecular weight is 411 g/mol. The van der Waals surface area contributed by atoms with E-state index in [1.165, 1.54) is 25.7 Å². The molecule has 1 aliphatic rings. The van der Waals surface area contributed by atoms with Gasteiger partial charge in [-0.25, -0.2) is 0 Å². The Hall–Kier alpha value is -0.0400. The summed E-state index contributed by atoms with van der Waals surface area (Å²) in [6.07, 6.45) is 8.02. The minimum absolute atomic E-state index is 0. The lowest BCUT2D eigenvalue weighted by atomic mass is 9.98. The Morgan fingerprint density at radius 2 is 1.90 bits per heavy atom. The van der Waals surface area contributed by atoms with E-state index in [1.54, 1.807) is 0 Å². The number of nitrogens with one attached hydrogen (secondary N) is 2. The molecule has 0 aromatic heterocycles. The topological polar surface area (TPSA) is 45.7 Å². The van der Waals surface area contributed by atoms with Gasteiger partial charge in [-0.3, -0.25) is 4.99 Å². The second-order valence-corrected chi connectivity index (χ2v) is 5.51. The fourth-order valence-electron chi connectivity index (χ4n) is 2.90. The molecule has 0 spiro atoms. The summed E-state index contributed by atoms with van der Waals surface area (Å²) in [7, 11) is 0. The Balaban J connectivity index is 0.00000400. The first-order valence-electron chi connectivity index (χ1n) is 8.45. The number of hydrogen-bond donors (Lipinski definition) is 2. The second-order valence-electron chi connectivity index (χ2n) is 5.51. The minimum atomic E-state index is 0. The van der Waals surface area contributed by atoms with Crippen molar-refractivity contribution in [3.8, 4) is 0 Å². The molecule has 5 heteroatoms. The molecule has 126 valence electrons. The Kier molecular flexibility index (Phi) is 13.6. The summed E-state index contributed by atoms with van der Waals surface area (Å²) in [4.78, 5) is 4.53. The van der Waals surface area contributed by atoms with Gasteiger partial charge in [0.2, 0.25) is 0 Å². The maximum Gasteiger partial charge on any atom is 0.191 e. The third kappa shape index (κ3) is 8.86. The Labute approximate surface area is 147 Å². The summed E-state index contributed by atoms with van der Waals surface area (Å²) in [6, 6.07) is 0. The van der Waals surface area contributed by atoms with Crippen LogP contribution in [0.5, 0.6) is 0 Å². The molecule has 0 amide bonds. The number of ether oxygens (including phenoxy) is 1. The van der Waals surface area contributed by atoms with Crippen LogP contribution in [-0.2, 0) is 4.74 Å². The zero-order chi connectivity index (χ0) is 14.6. The molecule has 1 atom stereocenters. The summed E-state index contributed by atoms with van der Waals surface area (Å²) in [6.45, 7) is 9.91. The maximum absolute atomic E-state index is 5.95. The number of halogens is 1. The monoisotopic (exact) mass is 411 g/mol. The Morgan fingerprint density at radius 1 is 1.19 bits per heavy atom. The van der Waals surface area contributed by atoms with Crippen LogP contribution in [0.15, 0.2) is 4.99 Å². The summed E-state index contributed by atoms with van der Waals surface area (Å²) >= 11 is 0. The number of guanidine groups is 1. The van der Waals surface area contributed by atoms with Crippen LogP contribution in [0.1, 0.15) is 59.3 Å². The van der Waals surface area contributed by atoms with Crippen molar-refractivity contribution in [2.45, 2.75) is 65.4 Å². The molecule has 2 N–H and O–H groups in total. The highest BCUT2D eigenvalue weighted by molar-refractivity contribution is 14.0. The number of rotatable bonds is 9. The smallest absolute Gasteiger partial charge is 0.191 e. The van der Waals surface area contributed by atoms with Gasteiger partial charge in [-0.15, -0.1) is 24.0 Å². The lowest BCUT2D eigenvalue weighted by Gasteiger charge is -2.24. The average Bonchev–Trinajstić information content (AvgIpc) is 2.97. The fourth-order valence-corrected chi connectivity index (χ4v) is 2.90. The fraction of sp³-hybridized carbons (Fsp3) is 0.938. The standard InChI is InChI=1S/C16H33N3O.HI/c1-4-12-18-16(17-5-2)19-13-11-15(20-6-3)14-9-7-8-10-14;/h14-15H,4-13H2,1-3H3,(H2,17,18,19);1H. The van der Waals surface area contributed by atoms with Crippen LogP contribution < -0.4 is 10.6 Å². The first-order chi connectivity index (χ1) is 9.81. The summed E-state index contributed by atoms with van der Waals surface area (Å²) in [5, 5.41) is 6.72. The predicted octanol–water partition coefficient (Wildman–Crippen LogP) is 3.55. The predicted molar refractivity (Wildman–Crippen MR) is 102 cm³/mol. The van der Waals surface area contributed by atoms with E-state index in [-0.39, 0.29) is 24.0 Å². The van der Waals surface area contributed by atoms with Crippen molar-refractivity contribution in [3.63, 3.8) is 0 Å². The van der Waals surface area contributed by atoms with Crippen molar-refractivity contribution in [1.82, 2.24) is 10.6 Å². The molecule has 0 bridgehead atoms.